The highest BCUT2D eigenvalue weighted by atomic mass is 16.6. The van der Waals surface area contributed by atoms with E-state index in [1.54, 1.807) is 24.2 Å². The van der Waals surface area contributed by atoms with Gasteiger partial charge in [-0.3, -0.25) is 14.0 Å². The van der Waals surface area contributed by atoms with Gasteiger partial charge in [0.1, 0.15) is 24.8 Å². The topological polar surface area (TPSA) is 106 Å². The van der Waals surface area contributed by atoms with Crippen LogP contribution in [0.5, 0.6) is 17.2 Å². The lowest BCUT2D eigenvalue weighted by Gasteiger charge is -2.20. The van der Waals surface area contributed by atoms with Gasteiger partial charge in [0.15, 0.2) is 11.5 Å². The van der Waals surface area contributed by atoms with Crippen molar-refractivity contribution in [3.63, 3.8) is 0 Å². The van der Waals surface area contributed by atoms with E-state index in [0.717, 1.165) is 11.3 Å². The summed E-state index contributed by atoms with van der Waals surface area (Å²) in [5.74, 6) is 2.36. The zero-order valence-corrected chi connectivity index (χ0v) is 15.5. The SMILES string of the molecule is COc1cc2c(cc1-c1nccn1-c1cnn(CCCC(N)=O)c1)OCCO2. The van der Waals surface area contributed by atoms with Gasteiger partial charge in [0.25, 0.3) is 0 Å². The van der Waals surface area contributed by atoms with Crippen LogP contribution >= 0.6 is 0 Å². The molecular weight excluding hydrogens is 362 g/mol. The van der Waals surface area contributed by atoms with Gasteiger partial charge in [-0.05, 0) is 12.5 Å². The molecule has 1 aliphatic heterocycles. The van der Waals surface area contributed by atoms with Gasteiger partial charge in [-0.1, -0.05) is 0 Å². The Kier molecular flexibility index (Phi) is 4.88. The van der Waals surface area contributed by atoms with Crippen molar-refractivity contribution in [3.8, 4) is 34.3 Å². The number of aromatic nitrogens is 4. The van der Waals surface area contributed by atoms with Gasteiger partial charge in [0, 0.05) is 37.6 Å². The Hall–Kier alpha value is -3.49. The van der Waals surface area contributed by atoms with E-state index in [4.69, 9.17) is 19.9 Å². The summed E-state index contributed by atoms with van der Waals surface area (Å²) >= 11 is 0. The number of rotatable bonds is 7. The molecule has 4 rings (SSSR count). The molecule has 2 N–H and O–H groups in total. The first-order valence-electron chi connectivity index (χ1n) is 8.98. The molecule has 3 heterocycles. The highest BCUT2D eigenvalue weighted by Crippen LogP contribution is 2.41. The van der Waals surface area contributed by atoms with Crippen LogP contribution in [-0.4, -0.2) is 45.6 Å². The molecule has 0 radical (unpaired) electrons. The van der Waals surface area contributed by atoms with Gasteiger partial charge >= 0.3 is 0 Å². The molecule has 9 nitrogen and oxygen atoms in total. The fraction of sp³-hybridized carbons (Fsp3) is 0.316. The third-order valence-corrected chi connectivity index (χ3v) is 4.45. The van der Waals surface area contributed by atoms with E-state index in [0.29, 0.717) is 55.7 Å². The van der Waals surface area contributed by atoms with E-state index >= 15 is 0 Å². The van der Waals surface area contributed by atoms with Gasteiger partial charge in [0.05, 0.1) is 24.6 Å². The molecule has 0 fully saturated rings. The van der Waals surface area contributed by atoms with Gasteiger partial charge < -0.3 is 19.9 Å². The summed E-state index contributed by atoms with van der Waals surface area (Å²) < 4.78 is 20.6. The summed E-state index contributed by atoms with van der Waals surface area (Å²) in [4.78, 5) is 15.4. The number of hydrogen-bond acceptors (Lipinski definition) is 6. The van der Waals surface area contributed by atoms with Crippen molar-refractivity contribution in [1.29, 1.82) is 0 Å². The molecule has 3 aromatic rings. The Morgan fingerprint density at radius 3 is 2.82 bits per heavy atom. The van der Waals surface area contributed by atoms with Crippen molar-refractivity contribution in [2.75, 3.05) is 20.3 Å². The summed E-state index contributed by atoms with van der Waals surface area (Å²) in [5, 5.41) is 4.36. The number of hydrogen-bond donors (Lipinski definition) is 1. The Morgan fingerprint density at radius 1 is 1.29 bits per heavy atom. The van der Waals surface area contributed by atoms with Crippen LogP contribution in [-0.2, 0) is 11.3 Å². The zero-order chi connectivity index (χ0) is 19.5. The predicted molar refractivity (Wildman–Crippen MR) is 101 cm³/mol. The summed E-state index contributed by atoms with van der Waals surface area (Å²) in [6.45, 7) is 1.63. The van der Waals surface area contributed by atoms with Crippen molar-refractivity contribution in [3.05, 3.63) is 36.9 Å². The second-order valence-corrected chi connectivity index (χ2v) is 6.35. The average molecular weight is 383 g/mol. The monoisotopic (exact) mass is 383 g/mol. The quantitative estimate of drug-likeness (QED) is 0.667. The third kappa shape index (κ3) is 3.51. The number of methoxy groups -OCH3 is 1. The van der Waals surface area contributed by atoms with Crippen molar-refractivity contribution >= 4 is 5.91 Å². The fourth-order valence-corrected chi connectivity index (χ4v) is 3.14. The summed E-state index contributed by atoms with van der Waals surface area (Å²) in [6.07, 6.45) is 8.20. The first kappa shape index (κ1) is 17.9. The molecule has 0 unspecified atom stereocenters. The molecule has 0 atom stereocenters. The number of imidazole rings is 1. The Morgan fingerprint density at radius 2 is 2.07 bits per heavy atom. The summed E-state index contributed by atoms with van der Waals surface area (Å²) in [7, 11) is 1.61. The minimum Gasteiger partial charge on any atom is -0.496 e. The fourth-order valence-electron chi connectivity index (χ4n) is 3.14. The maximum Gasteiger partial charge on any atom is 0.217 e. The molecule has 146 valence electrons. The maximum absolute atomic E-state index is 10.9. The van der Waals surface area contributed by atoms with Crippen LogP contribution in [0.2, 0.25) is 0 Å². The zero-order valence-electron chi connectivity index (χ0n) is 15.5. The number of aryl methyl sites for hydroxylation is 1. The lowest BCUT2D eigenvalue weighted by atomic mass is 10.1. The normalized spacial score (nSPS) is 12.8. The second kappa shape index (κ2) is 7.63. The Labute approximate surface area is 161 Å². The molecule has 28 heavy (non-hydrogen) atoms. The van der Waals surface area contributed by atoms with E-state index in [-0.39, 0.29) is 5.91 Å². The third-order valence-electron chi connectivity index (χ3n) is 4.45. The Bertz CT molecular complexity index is 994. The van der Waals surface area contributed by atoms with Gasteiger partial charge in [-0.2, -0.15) is 5.10 Å². The van der Waals surface area contributed by atoms with Crippen molar-refractivity contribution in [2.24, 2.45) is 5.73 Å². The van der Waals surface area contributed by atoms with Crippen molar-refractivity contribution in [1.82, 2.24) is 19.3 Å². The van der Waals surface area contributed by atoms with E-state index in [9.17, 15) is 4.79 Å². The molecule has 0 aliphatic carbocycles. The summed E-state index contributed by atoms with van der Waals surface area (Å²) in [5.41, 5.74) is 6.83. The van der Waals surface area contributed by atoms with Crippen molar-refractivity contribution in [2.45, 2.75) is 19.4 Å². The average Bonchev–Trinajstić information content (AvgIpc) is 3.35. The number of carbonyl (C=O) groups is 1. The molecule has 0 bridgehead atoms. The second-order valence-electron chi connectivity index (χ2n) is 6.35. The molecule has 9 heteroatoms. The highest BCUT2D eigenvalue weighted by molar-refractivity contribution is 5.73. The molecule has 0 saturated heterocycles. The van der Waals surface area contributed by atoms with Gasteiger partial charge in [-0.25, -0.2) is 4.98 Å². The minimum atomic E-state index is -0.310. The highest BCUT2D eigenvalue weighted by Gasteiger charge is 2.20. The number of nitrogens with two attached hydrogens (primary N) is 1. The van der Waals surface area contributed by atoms with Crippen LogP contribution in [0, 0.1) is 0 Å². The van der Waals surface area contributed by atoms with Crippen LogP contribution in [0.1, 0.15) is 12.8 Å². The number of primary amides is 1. The number of amides is 1. The molecule has 2 aromatic heterocycles. The molecular formula is C19H21N5O4. The van der Waals surface area contributed by atoms with Crippen LogP contribution in [0.25, 0.3) is 17.1 Å². The van der Waals surface area contributed by atoms with E-state index < -0.39 is 0 Å². The number of fused-ring (bicyclic) bond motifs is 1. The maximum atomic E-state index is 10.9. The van der Waals surface area contributed by atoms with Crippen molar-refractivity contribution < 1.29 is 19.0 Å². The van der Waals surface area contributed by atoms with Gasteiger partial charge in [0.2, 0.25) is 5.91 Å². The summed E-state index contributed by atoms with van der Waals surface area (Å²) in [6, 6.07) is 3.69. The predicted octanol–water partition coefficient (Wildman–Crippen LogP) is 1.78. The molecule has 1 aromatic carbocycles. The first-order valence-corrected chi connectivity index (χ1v) is 8.98. The molecule has 1 aliphatic rings. The minimum absolute atomic E-state index is 0.310. The smallest absolute Gasteiger partial charge is 0.217 e. The number of nitrogens with zero attached hydrogens (tertiary/aromatic N) is 4. The van der Waals surface area contributed by atoms with Crippen LogP contribution in [0.3, 0.4) is 0 Å². The van der Waals surface area contributed by atoms with E-state index in [2.05, 4.69) is 10.1 Å². The number of benzene rings is 1. The van der Waals surface area contributed by atoms with Crippen LogP contribution < -0.4 is 19.9 Å². The lowest BCUT2D eigenvalue weighted by molar-refractivity contribution is -0.118. The van der Waals surface area contributed by atoms with E-state index in [1.807, 2.05) is 29.1 Å². The first-order chi connectivity index (χ1) is 13.7. The molecule has 0 saturated carbocycles. The van der Waals surface area contributed by atoms with Crippen LogP contribution in [0.4, 0.5) is 0 Å². The number of ether oxygens (including phenoxy) is 3. The van der Waals surface area contributed by atoms with Gasteiger partial charge in [-0.15, -0.1) is 0 Å². The largest absolute Gasteiger partial charge is 0.496 e. The van der Waals surface area contributed by atoms with E-state index in [1.165, 1.54) is 0 Å². The molecule has 1 amide bonds. The van der Waals surface area contributed by atoms with Crippen LogP contribution in [0.15, 0.2) is 36.9 Å². The lowest BCUT2D eigenvalue weighted by Crippen LogP contribution is -2.15. The standard InChI is InChI=1S/C19H21N5O4/c1-26-15-10-17-16(27-7-8-28-17)9-14(15)19-21-4-6-24(19)13-11-22-23(12-13)5-2-3-18(20)25/h4,6,9-12H,2-3,5,7-8H2,1H3,(H2,20,25). The Balaban J connectivity index is 1.65. The number of carbonyl (C=O) groups excluding carboxylic acids is 1. The molecule has 0 spiro atoms.